The van der Waals surface area contributed by atoms with E-state index < -0.39 is 17.5 Å². The second-order valence-corrected chi connectivity index (χ2v) is 6.53. The lowest BCUT2D eigenvalue weighted by Gasteiger charge is -2.08. The highest BCUT2D eigenvalue weighted by molar-refractivity contribution is 5.93. The zero-order valence-corrected chi connectivity index (χ0v) is 15.3. The van der Waals surface area contributed by atoms with Crippen molar-refractivity contribution in [2.45, 2.75) is 77.6 Å². The van der Waals surface area contributed by atoms with Crippen molar-refractivity contribution in [3.63, 3.8) is 0 Å². The predicted octanol–water partition coefficient (Wildman–Crippen LogP) is 5.27. The standard InChI is InChI=1S/C20H32O5/c1-2-3-4-5-6-7-8-9-10-11-12-13-25-20(24)17-14-16(21)15-18(22)19(17)23/h14-15,21-23H,2-13H2,1H3. The molecule has 5 nitrogen and oxygen atoms in total. The lowest BCUT2D eigenvalue weighted by molar-refractivity contribution is 0.0493. The van der Waals surface area contributed by atoms with E-state index in [1.165, 1.54) is 51.4 Å². The third kappa shape index (κ3) is 8.66. The van der Waals surface area contributed by atoms with Gasteiger partial charge in [-0.05, 0) is 12.5 Å². The van der Waals surface area contributed by atoms with E-state index in [9.17, 15) is 20.1 Å². The maximum atomic E-state index is 11.8. The fourth-order valence-corrected chi connectivity index (χ4v) is 2.77. The highest BCUT2D eigenvalue weighted by atomic mass is 16.5. The molecule has 0 saturated carbocycles. The van der Waals surface area contributed by atoms with Gasteiger partial charge in [-0.3, -0.25) is 0 Å². The highest BCUT2D eigenvalue weighted by Gasteiger charge is 2.17. The smallest absolute Gasteiger partial charge is 0.342 e. The second-order valence-electron chi connectivity index (χ2n) is 6.53. The molecule has 3 N–H and O–H groups in total. The van der Waals surface area contributed by atoms with E-state index in [1.54, 1.807) is 0 Å². The van der Waals surface area contributed by atoms with Gasteiger partial charge in [0.2, 0.25) is 0 Å². The second kappa shape index (κ2) is 12.5. The molecule has 1 aromatic carbocycles. The molecule has 0 aliphatic carbocycles. The number of carbonyl (C=O) groups is 1. The third-order valence-corrected chi connectivity index (χ3v) is 4.28. The summed E-state index contributed by atoms with van der Waals surface area (Å²) in [5.41, 5.74) is -0.222. The number of esters is 1. The van der Waals surface area contributed by atoms with E-state index in [1.807, 2.05) is 0 Å². The summed E-state index contributed by atoms with van der Waals surface area (Å²) >= 11 is 0. The highest BCUT2D eigenvalue weighted by Crippen LogP contribution is 2.33. The van der Waals surface area contributed by atoms with Crippen LogP contribution in [0.1, 0.15) is 87.9 Å². The van der Waals surface area contributed by atoms with Gasteiger partial charge in [0.1, 0.15) is 11.3 Å². The van der Waals surface area contributed by atoms with Crippen molar-refractivity contribution in [3.8, 4) is 17.2 Å². The molecule has 5 heteroatoms. The Morgan fingerprint density at radius 1 is 0.840 bits per heavy atom. The number of aromatic hydroxyl groups is 3. The van der Waals surface area contributed by atoms with Crippen LogP contribution in [0.3, 0.4) is 0 Å². The van der Waals surface area contributed by atoms with Crippen molar-refractivity contribution in [1.82, 2.24) is 0 Å². The summed E-state index contributed by atoms with van der Waals surface area (Å²) in [4.78, 5) is 11.8. The van der Waals surface area contributed by atoms with Crippen LogP contribution < -0.4 is 0 Å². The van der Waals surface area contributed by atoms with Gasteiger partial charge in [-0.25, -0.2) is 4.79 Å². The number of hydrogen-bond donors (Lipinski definition) is 3. The molecule has 142 valence electrons. The first-order valence-electron chi connectivity index (χ1n) is 9.48. The summed E-state index contributed by atoms with van der Waals surface area (Å²) in [5.74, 6) is -2.14. The van der Waals surface area contributed by atoms with Crippen LogP contribution in [0, 0.1) is 0 Å². The van der Waals surface area contributed by atoms with Gasteiger partial charge >= 0.3 is 5.97 Å². The van der Waals surface area contributed by atoms with E-state index in [0.29, 0.717) is 0 Å². The summed E-state index contributed by atoms with van der Waals surface area (Å²) in [7, 11) is 0. The Kier molecular flexibility index (Phi) is 10.5. The Balaban J connectivity index is 2.06. The van der Waals surface area contributed by atoms with Crippen molar-refractivity contribution >= 4 is 5.97 Å². The molecule has 0 amide bonds. The predicted molar refractivity (Wildman–Crippen MR) is 98.2 cm³/mol. The fourth-order valence-electron chi connectivity index (χ4n) is 2.77. The zero-order chi connectivity index (χ0) is 18.5. The topological polar surface area (TPSA) is 87.0 Å². The number of phenolic OH excluding ortho intramolecular Hbond substituents is 3. The first kappa shape index (κ1) is 21.1. The molecular formula is C20H32O5. The Morgan fingerprint density at radius 3 is 1.92 bits per heavy atom. The van der Waals surface area contributed by atoms with Crippen LogP contribution >= 0.6 is 0 Å². The largest absolute Gasteiger partial charge is 0.508 e. The maximum absolute atomic E-state index is 11.8. The van der Waals surface area contributed by atoms with Gasteiger partial charge in [-0.2, -0.15) is 0 Å². The molecule has 0 aliphatic heterocycles. The summed E-state index contributed by atoms with van der Waals surface area (Å²) in [6.45, 7) is 2.50. The molecule has 0 atom stereocenters. The van der Waals surface area contributed by atoms with Gasteiger partial charge in [0.05, 0.1) is 6.61 Å². The van der Waals surface area contributed by atoms with Crippen LogP contribution in [0.25, 0.3) is 0 Å². The first-order chi connectivity index (χ1) is 12.1. The molecule has 0 saturated heterocycles. The van der Waals surface area contributed by atoms with E-state index in [4.69, 9.17) is 4.74 Å². The zero-order valence-electron chi connectivity index (χ0n) is 15.3. The van der Waals surface area contributed by atoms with Crippen molar-refractivity contribution < 1.29 is 24.9 Å². The number of phenols is 3. The molecule has 0 heterocycles. The number of hydrogen-bond acceptors (Lipinski definition) is 5. The van der Waals surface area contributed by atoms with Crippen LogP contribution in [-0.4, -0.2) is 27.9 Å². The average molecular weight is 352 g/mol. The van der Waals surface area contributed by atoms with Crippen molar-refractivity contribution in [2.75, 3.05) is 6.61 Å². The number of carbonyl (C=O) groups excluding carboxylic acids is 1. The monoisotopic (exact) mass is 352 g/mol. The summed E-state index contributed by atoms with van der Waals surface area (Å²) in [6, 6.07) is 2.05. The summed E-state index contributed by atoms with van der Waals surface area (Å²) < 4.78 is 5.08. The van der Waals surface area contributed by atoms with Crippen molar-refractivity contribution in [3.05, 3.63) is 17.7 Å². The minimum absolute atomic E-state index is 0.222. The summed E-state index contributed by atoms with van der Waals surface area (Å²) in [6.07, 6.45) is 13.4. The number of unbranched alkanes of at least 4 members (excludes halogenated alkanes) is 10. The van der Waals surface area contributed by atoms with E-state index in [2.05, 4.69) is 6.92 Å². The van der Waals surface area contributed by atoms with Gasteiger partial charge in [-0.15, -0.1) is 0 Å². The lowest BCUT2D eigenvalue weighted by atomic mass is 10.1. The van der Waals surface area contributed by atoms with Crippen molar-refractivity contribution in [1.29, 1.82) is 0 Å². The van der Waals surface area contributed by atoms with Gasteiger partial charge in [0.15, 0.2) is 11.5 Å². The van der Waals surface area contributed by atoms with E-state index >= 15 is 0 Å². The Morgan fingerprint density at radius 2 is 1.36 bits per heavy atom. The average Bonchev–Trinajstić information content (AvgIpc) is 2.58. The van der Waals surface area contributed by atoms with Crippen LogP contribution in [0.5, 0.6) is 17.2 Å². The quantitative estimate of drug-likeness (QED) is 0.195. The van der Waals surface area contributed by atoms with Gasteiger partial charge < -0.3 is 20.1 Å². The Hall–Kier alpha value is -1.91. The first-order valence-corrected chi connectivity index (χ1v) is 9.48. The van der Waals surface area contributed by atoms with Crippen molar-refractivity contribution in [2.24, 2.45) is 0 Å². The molecule has 0 unspecified atom stereocenters. The molecule has 0 spiro atoms. The molecule has 0 fully saturated rings. The van der Waals surface area contributed by atoms with Crippen LogP contribution in [0.15, 0.2) is 12.1 Å². The lowest BCUT2D eigenvalue weighted by Crippen LogP contribution is -2.06. The normalized spacial score (nSPS) is 10.8. The van der Waals surface area contributed by atoms with Gasteiger partial charge in [-0.1, -0.05) is 71.1 Å². The Labute approximate surface area is 150 Å². The Bertz CT molecular complexity index is 513. The number of rotatable bonds is 13. The van der Waals surface area contributed by atoms with Crippen LogP contribution in [0.2, 0.25) is 0 Å². The molecule has 25 heavy (non-hydrogen) atoms. The van der Waals surface area contributed by atoms with Gasteiger partial charge in [0, 0.05) is 6.07 Å². The van der Waals surface area contributed by atoms with E-state index in [0.717, 1.165) is 31.4 Å². The minimum Gasteiger partial charge on any atom is -0.508 e. The number of ether oxygens (including phenoxy) is 1. The van der Waals surface area contributed by atoms with Crippen LogP contribution in [-0.2, 0) is 4.74 Å². The molecular weight excluding hydrogens is 320 g/mol. The van der Waals surface area contributed by atoms with Gasteiger partial charge in [0.25, 0.3) is 0 Å². The minimum atomic E-state index is -0.740. The number of benzene rings is 1. The summed E-state index contributed by atoms with van der Waals surface area (Å²) in [5, 5.41) is 28.4. The third-order valence-electron chi connectivity index (χ3n) is 4.28. The van der Waals surface area contributed by atoms with E-state index in [-0.39, 0.29) is 17.9 Å². The molecule has 0 aliphatic rings. The fraction of sp³-hybridized carbons (Fsp3) is 0.650. The molecule has 0 radical (unpaired) electrons. The molecule has 0 bridgehead atoms. The van der Waals surface area contributed by atoms with Crippen LogP contribution in [0.4, 0.5) is 0 Å². The molecule has 0 aromatic heterocycles. The molecule has 1 aromatic rings. The maximum Gasteiger partial charge on any atom is 0.342 e. The SMILES string of the molecule is CCCCCCCCCCCCCOC(=O)c1cc(O)cc(O)c1O. The molecule has 1 rings (SSSR count).